The molecule has 0 N–H and O–H groups in total. The lowest BCUT2D eigenvalue weighted by Gasteiger charge is -2.27. The summed E-state index contributed by atoms with van der Waals surface area (Å²) < 4.78 is 14.8. The first-order chi connectivity index (χ1) is 12.9. The number of aryl methyl sites for hydroxylation is 2. The minimum absolute atomic E-state index is 0.122. The molecule has 0 saturated heterocycles. The van der Waals surface area contributed by atoms with Crippen LogP contribution >= 0.6 is 11.3 Å². The maximum Gasteiger partial charge on any atom is 0.264 e. The van der Waals surface area contributed by atoms with Gasteiger partial charge < -0.3 is 4.90 Å². The van der Waals surface area contributed by atoms with Gasteiger partial charge in [-0.15, -0.1) is 11.3 Å². The third-order valence-corrected chi connectivity index (χ3v) is 6.07. The number of hydrogen-bond acceptors (Lipinski definition) is 4. The van der Waals surface area contributed by atoms with Crippen molar-refractivity contribution in [3.8, 4) is 0 Å². The average Bonchev–Trinajstić information content (AvgIpc) is 3.00. The number of benzene rings is 1. The summed E-state index contributed by atoms with van der Waals surface area (Å²) in [6.45, 7) is 6.19. The lowest BCUT2D eigenvalue weighted by Crippen LogP contribution is -2.31. The summed E-state index contributed by atoms with van der Waals surface area (Å²) in [5, 5.41) is 0.510. The molecule has 0 fully saturated rings. The zero-order valence-corrected chi connectivity index (χ0v) is 16.6. The van der Waals surface area contributed by atoms with Gasteiger partial charge in [0.25, 0.3) is 11.5 Å². The Bertz CT molecular complexity index is 1040. The molecule has 0 aliphatic rings. The number of fused-ring (bicyclic) bond motifs is 1. The lowest BCUT2D eigenvalue weighted by atomic mass is 10.0. The van der Waals surface area contributed by atoms with Crippen LogP contribution in [0.4, 0.5) is 4.39 Å². The molecule has 0 bridgehead atoms. The maximum absolute atomic E-state index is 13.2. The van der Waals surface area contributed by atoms with Crippen molar-refractivity contribution < 1.29 is 9.18 Å². The van der Waals surface area contributed by atoms with E-state index in [4.69, 9.17) is 0 Å². The van der Waals surface area contributed by atoms with Crippen LogP contribution in [0, 0.1) is 12.7 Å². The van der Waals surface area contributed by atoms with E-state index in [-0.39, 0.29) is 23.3 Å². The molecule has 0 aliphatic carbocycles. The fourth-order valence-electron chi connectivity index (χ4n) is 3.31. The van der Waals surface area contributed by atoms with Gasteiger partial charge in [0, 0.05) is 13.6 Å². The van der Waals surface area contributed by atoms with Crippen LogP contribution in [0.2, 0.25) is 0 Å². The SMILES string of the molecule is CC[C@H](c1ccc(F)cc1)N(C)C(=O)c1sc2ncn(CC)c(=O)c2c1C. The van der Waals surface area contributed by atoms with Gasteiger partial charge in [0.15, 0.2) is 0 Å². The van der Waals surface area contributed by atoms with Gasteiger partial charge >= 0.3 is 0 Å². The fraction of sp³-hybridized carbons (Fsp3) is 0.350. The number of carbonyl (C=O) groups excluding carboxylic acids is 1. The monoisotopic (exact) mass is 387 g/mol. The van der Waals surface area contributed by atoms with Crippen LogP contribution in [0.1, 0.15) is 47.1 Å². The van der Waals surface area contributed by atoms with Crippen LogP contribution in [0.5, 0.6) is 0 Å². The van der Waals surface area contributed by atoms with E-state index in [1.54, 1.807) is 31.0 Å². The Hall–Kier alpha value is -2.54. The molecule has 27 heavy (non-hydrogen) atoms. The number of amides is 1. The molecule has 2 heterocycles. The molecule has 0 spiro atoms. The number of thiophene rings is 1. The summed E-state index contributed by atoms with van der Waals surface area (Å²) in [5.74, 6) is -0.463. The van der Waals surface area contributed by atoms with Crippen molar-refractivity contribution in [1.29, 1.82) is 0 Å². The Morgan fingerprint density at radius 3 is 2.56 bits per heavy atom. The smallest absolute Gasteiger partial charge is 0.264 e. The average molecular weight is 387 g/mol. The third-order valence-electron chi connectivity index (χ3n) is 4.88. The second kappa shape index (κ2) is 7.60. The number of nitrogens with zero attached hydrogens (tertiary/aromatic N) is 3. The van der Waals surface area contributed by atoms with Crippen molar-refractivity contribution >= 4 is 27.5 Å². The Kier molecular flexibility index (Phi) is 5.41. The molecular formula is C20H22FN3O2S. The minimum atomic E-state index is -0.304. The highest BCUT2D eigenvalue weighted by Gasteiger charge is 2.26. The number of halogens is 1. The molecule has 1 atom stereocenters. The van der Waals surface area contributed by atoms with Crippen molar-refractivity contribution in [2.24, 2.45) is 0 Å². The maximum atomic E-state index is 13.2. The van der Waals surface area contributed by atoms with E-state index in [2.05, 4.69) is 4.98 Å². The number of hydrogen-bond donors (Lipinski definition) is 0. The number of aromatic nitrogens is 2. The van der Waals surface area contributed by atoms with Gasteiger partial charge in [-0.05, 0) is 43.5 Å². The Balaban J connectivity index is 2.01. The minimum Gasteiger partial charge on any atom is -0.334 e. The highest BCUT2D eigenvalue weighted by Crippen LogP contribution is 2.31. The van der Waals surface area contributed by atoms with Crippen LogP contribution < -0.4 is 5.56 Å². The highest BCUT2D eigenvalue weighted by atomic mass is 32.1. The third kappa shape index (κ3) is 3.39. The van der Waals surface area contributed by atoms with Crippen LogP contribution in [-0.2, 0) is 6.54 Å². The summed E-state index contributed by atoms with van der Waals surface area (Å²) in [7, 11) is 1.74. The Labute approximate surface area is 161 Å². The molecule has 0 aliphatic heterocycles. The van der Waals surface area contributed by atoms with Crippen LogP contribution in [0.25, 0.3) is 10.2 Å². The second-order valence-corrected chi connectivity index (χ2v) is 7.46. The first-order valence-corrected chi connectivity index (χ1v) is 9.71. The normalized spacial score (nSPS) is 12.3. The highest BCUT2D eigenvalue weighted by molar-refractivity contribution is 7.20. The molecule has 142 valence electrons. The van der Waals surface area contributed by atoms with Crippen molar-refractivity contribution in [3.63, 3.8) is 0 Å². The van der Waals surface area contributed by atoms with Crippen molar-refractivity contribution in [1.82, 2.24) is 14.5 Å². The van der Waals surface area contributed by atoms with Gasteiger partial charge in [-0.1, -0.05) is 19.1 Å². The summed E-state index contributed by atoms with van der Waals surface area (Å²) in [5.41, 5.74) is 1.42. The predicted molar refractivity (Wildman–Crippen MR) is 106 cm³/mol. The molecule has 5 nitrogen and oxygen atoms in total. The molecule has 1 amide bonds. The first-order valence-electron chi connectivity index (χ1n) is 8.90. The van der Waals surface area contributed by atoms with Gasteiger partial charge in [0.05, 0.1) is 22.6 Å². The van der Waals surface area contributed by atoms with E-state index in [1.165, 1.54) is 34.4 Å². The Morgan fingerprint density at radius 1 is 1.30 bits per heavy atom. The van der Waals surface area contributed by atoms with E-state index < -0.39 is 0 Å². The zero-order chi connectivity index (χ0) is 19.7. The van der Waals surface area contributed by atoms with Crippen molar-refractivity contribution in [3.05, 3.63) is 62.8 Å². The summed E-state index contributed by atoms with van der Waals surface area (Å²) >= 11 is 1.24. The van der Waals surface area contributed by atoms with E-state index in [0.717, 1.165) is 5.56 Å². The largest absolute Gasteiger partial charge is 0.334 e. The molecule has 1 aromatic carbocycles. The molecule has 0 unspecified atom stereocenters. The Morgan fingerprint density at radius 2 is 1.96 bits per heavy atom. The van der Waals surface area contributed by atoms with Gasteiger partial charge in [-0.25, -0.2) is 9.37 Å². The van der Waals surface area contributed by atoms with Crippen molar-refractivity contribution in [2.45, 2.75) is 39.8 Å². The van der Waals surface area contributed by atoms with E-state index >= 15 is 0 Å². The predicted octanol–water partition coefficient (Wildman–Crippen LogP) is 4.15. The summed E-state index contributed by atoms with van der Waals surface area (Å²) in [4.78, 5) is 32.9. The lowest BCUT2D eigenvalue weighted by molar-refractivity contribution is 0.0730. The zero-order valence-electron chi connectivity index (χ0n) is 15.8. The van der Waals surface area contributed by atoms with E-state index in [0.29, 0.717) is 33.6 Å². The van der Waals surface area contributed by atoms with Gasteiger partial charge in [-0.3, -0.25) is 14.2 Å². The second-order valence-electron chi connectivity index (χ2n) is 6.46. The molecule has 3 aromatic rings. The molecule has 0 radical (unpaired) electrons. The topological polar surface area (TPSA) is 55.2 Å². The summed E-state index contributed by atoms with van der Waals surface area (Å²) in [6.07, 6.45) is 2.21. The molecule has 0 saturated carbocycles. The van der Waals surface area contributed by atoms with E-state index in [1.807, 2.05) is 13.8 Å². The standard InChI is InChI=1S/C20H22FN3O2S/c1-5-15(13-7-9-14(21)10-8-13)23(4)20(26)17-12(3)16-18(27-17)22-11-24(6-2)19(16)25/h7-11,15H,5-6H2,1-4H3/t15-/m1/s1. The van der Waals surface area contributed by atoms with E-state index in [9.17, 15) is 14.0 Å². The number of carbonyl (C=O) groups is 1. The van der Waals surface area contributed by atoms with Crippen molar-refractivity contribution in [2.75, 3.05) is 7.05 Å². The molecule has 2 aromatic heterocycles. The number of rotatable bonds is 5. The van der Waals surface area contributed by atoms with Crippen LogP contribution in [-0.4, -0.2) is 27.4 Å². The van der Waals surface area contributed by atoms with Gasteiger partial charge in [0.1, 0.15) is 10.6 Å². The summed E-state index contributed by atoms with van der Waals surface area (Å²) in [6, 6.07) is 6.03. The fourth-order valence-corrected chi connectivity index (χ4v) is 4.43. The molecule has 3 rings (SSSR count). The molecular weight excluding hydrogens is 365 g/mol. The van der Waals surface area contributed by atoms with Gasteiger partial charge in [0.2, 0.25) is 0 Å². The quantitative estimate of drug-likeness (QED) is 0.661. The van der Waals surface area contributed by atoms with Crippen LogP contribution in [0.15, 0.2) is 35.4 Å². The van der Waals surface area contributed by atoms with Gasteiger partial charge in [-0.2, -0.15) is 0 Å². The molecule has 7 heteroatoms. The first kappa shape index (κ1) is 19.2. The van der Waals surface area contributed by atoms with Crippen LogP contribution in [0.3, 0.4) is 0 Å².